The van der Waals surface area contributed by atoms with Gasteiger partial charge >= 0.3 is 0 Å². The summed E-state index contributed by atoms with van der Waals surface area (Å²) in [5, 5.41) is 0. The van der Waals surface area contributed by atoms with E-state index in [1.807, 2.05) is 6.92 Å². The third-order valence-corrected chi connectivity index (χ3v) is 3.29. The monoisotopic (exact) mass is 184 g/mol. The van der Waals surface area contributed by atoms with E-state index in [-0.39, 0.29) is 5.92 Å². The molecule has 0 radical (unpaired) electrons. The summed E-state index contributed by atoms with van der Waals surface area (Å²) in [6.07, 6.45) is 3.14. The summed E-state index contributed by atoms with van der Waals surface area (Å²) in [5.74, 6) is 1.87. The molecule has 0 fully saturated rings. The summed E-state index contributed by atoms with van der Waals surface area (Å²) < 4.78 is 0. The predicted octanol–water partition coefficient (Wildman–Crippen LogP) is 3.67. The number of ketones is 1. The quantitative estimate of drug-likeness (QED) is 0.615. The van der Waals surface area contributed by atoms with Crippen LogP contribution in [0.5, 0.6) is 0 Å². The number of carbonyl (C=O) groups excluding carboxylic acids is 1. The number of rotatable bonds is 6. The molecule has 1 nitrogen and oxygen atoms in total. The number of carbonyl (C=O) groups is 1. The molecule has 0 heterocycles. The van der Waals surface area contributed by atoms with E-state index in [0.717, 1.165) is 0 Å². The van der Waals surface area contributed by atoms with Gasteiger partial charge in [-0.2, -0.15) is 0 Å². The van der Waals surface area contributed by atoms with Crippen LogP contribution in [0.25, 0.3) is 0 Å². The Kier molecular flexibility index (Phi) is 6.02. The van der Waals surface area contributed by atoms with Crippen molar-refractivity contribution in [2.75, 3.05) is 0 Å². The number of Topliss-reactive ketones (excluding diaryl/α,β-unsaturated/α-hetero) is 1. The average molecular weight is 184 g/mol. The normalized spacial score (nSPS) is 17.9. The Morgan fingerprint density at radius 3 is 2.08 bits per heavy atom. The number of hydrogen-bond donors (Lipinski definition) is 0. The second-order valence-corrected chi connectivity index (χ2v) is 4.23. The van der Waals surface area contributed by atoms with E-state index in [4.69, 9.17) is 0 Å². The topological polar surface area (TPSA) is 17.1 Å². The summed E-state index contributed by atoms with van der Waals surface area (Å²) in [6.45, 7) is 10.7. The molecule has 0 aliphatic carbocycles. The van der Waals surface area contributed by atoms with E-state index < -0.39 is 0 Å². The van der Waals surface area contributed by atoms with E-state index in [1.54, 1.807) is 0 Å². The van der Waals surface area contributed by atoms with Crippen LogP contribution in [0.3, 0.4) is 0 Å². The lowest BCUT2D eigenvalue weighted by Crippen LogP contribution is -2.23. The molecule has 3 atom stereocenters. The zero-order valence-electron chi connectivity index (χ0n) is 9.76. The van der Waals surface area contributed by atoms with Crippen molar-refractivity contribution >= 4 is 5.78 Å². The highest BCUT2D eigenvalue weighted by molar-refractivity contribution is 5.80. The lowest BCUT2D eigenvalue weighted by Gasteiger charge is -2.24. The molecule has 0 aliphatic heterocycles. The summed E-state index contributed by atoms with van der Waals surface area (Å²) in [6, 6.07) is 0. The van der Waals surface area contributed by atoms with E-state index in [1.165, 1.54) is 12.8 Å². The van der Waals surface area contributed by atoms with Crippen LogP contribution in [0.4, 0.5) is 0 Å². The van der Waals surface area contributed by atoms with E-state index in [0.29, 0.717) is 24.0 Å². The smallest absolute Gasteiger partial charge is 0.135 e. The van der Waals surface area contributed by atoms with Crippen molar-refractivity contribution in [1.82, 2.24) is 0 Å². The lowest BCUT2D eigenvalue weighted by atomic mass is 9.80. The van der Waals surface area contributed by atoms with Crippen LogP contribution in [0.15, 0.2) is 0 Å². The van der Waals surface area contributed by atoms with Crippen LogP contribution >= 0.6 is 0 Å². The molecule has 1 heteroatoms. The molecule has 13 heavy (non-hydrogen) atoms. The molecular weight excluding hydrogens is 160 g/mol. The fraction of sp³-hybridized carbons (Fsp3) is 0.917. The van der Waals surface area contributed by atoms with Crippen molar-refractivity contribution < 1.29 is 4.79 Å². The molecule has 0 aromatic rings. The first-order valence-corrected chi connectivity index (χ1v) is 5.57. The van der Waals surface area contributed by atoms with E-state index >= 15 is 0 Å². The minimum atomic E-state index is 0.242. The van der Waals surface area contributed by atoms with Crippen molar-refractivity contribution in [3.8, 4) is 0 Å². The zero-order valence-corrected chi connectivity index (χ0v) is 9.76. The maximum absolute atomic E-state index is 11.5. The molecule has 0 N–H and O–H groups in total. The molecule has 0 aromatic carbocycles. The highest BCUT2D eigenvalue weighted by atomic mass is 16.1. The molecule has 0 aromatic heterocycles. The van der Waals surface area contributed by atoms with Crippen LogP contribution in [0.1, 0.15) is 53.9 Å². The molecule has 0 rings (SSSR count). The van der Waals surface area contributed by atoms with E-state index in [9.17, 15) is 4.79 Å². The van der Waals surface area contributed by atoms with Gasteiger partial charge in [-0.1, -0.05) is 47.5 Å². The number of hydrogen-bond acceptors (Lipinski definition) is 1. The maximum atomic E-state index is 11.5. The lowest BCUT2D eigenvalue weighted by molar-refractivity contribution is -0.124. The van der Waals surface area contributed by atoms with Gasteiger partial charge < -0.3 is 0 Å². The maximum Gasteiger partial charge on any atom is 0.135 e. The Morgan fingerprint density at radius 1 is 1.15 bits per heavy atom. The molecule has 0 spiro atoms. The largest absolute Gasteiger partial charge is 0.299 e. The zero-order chi connectivity index (χ0) is 10.4. The van der Waals surface area contributed by atoms with Gasteiger partial charge in [0, 0.05) is 12.3 Å². The Balaban J connectivity index is 4.07. The van der Waals surface area contributed by atoms with Gasteiger partial charge in [0.15, 0.2) is 0 Å². The Labute approximate surface area is 82.9 Å². The van der Waals surface area contributed by atoms with Crippen molar-refractivity contribution in [2.24, 2.45) is 17.8 Å². The summed E-state index contributed by atoms with van der Waals surface area (Å²) in [5.41, 5.74) is 0. The molecule has 78 valence electrons. The van der Waals surface area contributed by atoms with Crippen LogP contribution < -0.4 is 0 Å². The molecule has 0 saturated carbocycles. The highest BCUT2D eigenvalue weighted by Crippen LogP contribution is 2.25. The fourth-order valence-corrected chi connectivity index (χ4v) is 1.83. The van der Waals surface area contributed by atoms with Gasteiger partial charge in [-0.3, -0.25) is 4.79 Å². The second kappa shape index (κ2) is 6.17. The van der Waals surface area contributed by atoms with Gasteiger partial charge in [0.1, 0.15) is 5.78 Å². The van der Waals surface area contributed by atoms with Crippen molar-refractivity contribution in [3.63, 3.8) is 0 Å². The molecule has 0 bridgehead atoms. The van der Waals surface area contributed by atoms with Crippen molar-refractivity contribution in [2.45, 2.75) is 53.9 Å². The van der Waals surface area contributed by atoms with Crippen molar-refractivity contribution in [3.05, 3.63) is 0 Å². The van der Waals surface area contributed by atoms with Crippen LogP contribution in [-0.2, 0) is 4.79 Å². The third kappa shape index (κ3) is 3.93. The first-order chi connectivity index (χ1) is 6.04. The molecule has 3 unspecified atom stereocenters. The van der Waals surface area contributed by atoms with Gasteiger partial charge in [-0.05, 0) is 11.8 Å². The van der Waals surface area contributed by atoms with Gasteiger partial charge in [-0.25, -0.2) is 0 Å². The van der Waals surface area contributed by atoms with Crippen molar-refractivity contribution in [1.29, 1.82) is 0 Å². The van der Waals surface area contributed by atoms with Gasteiger partial charge in [-0.15, -0.1) is 0 Å². The Bertz CT molecular complexity index is 151. The van der Waals surface area contributed by atoms with Crippen LogP contribution in [-0.4, -0.2) is 5.78 Å². The van der Waals surface area contributed by atoms with Gasteiger partial charge in [0.2, 0.25) is 0 Å². The fourth-order valence-electron chi connectivity index (χ4n) is 1.83. The molecule has 0 aliphatic rings. The Morgan fingerprint density at radius 2 is 1.69 bits per heavy atom. The van der Waals surface area contributed by atoms with Crippen LogP contribution in [0, 0.1) is 17.8 Å². The first-order valence-electron chi connectivity index (χ1n) is 5.57. The molecule has 0 amide bonds. The minimum absolute atomic E-state index is 0.242. The average Bonchev–Trinajstić information content (AvgIpc) is 2.14. The SMILES string of the molecule is CCCC(C)C(C)C(C)C(=O)CC. The van der Waals surface area contributed by atoms with Crippen LogP contribution in [0.2, 0.25) is 0 Å². The standard InChI is InChI=1S/C12H24O/c1-6-8-9(3)10(4)11(5)12(13)7-2/h9-11H,6-8H2,1-5H3. The summed E-state index contributed by atoms with van der Waals surface area (Å²) in [7, 11) is 0. The summed E-state index contributed by atoms with van der Waals surface area (Å²) >= 11 is 0. The minimum Gasteiger partial charge on any atom is -0.299 e. The molecule has 0 saturated heterocycles. The van der Waals surface area contributed by atoms with Gasteiger partial charge in [0.05, 0.1) is 0 Å². The molecular formula is C12H24O. The van der Waals surface area contributed by atoms with E-state index in [2.05, 4.69) is 27.7 Å². The van der Waals surface area contributed by atoms with Gasteiger partial charge in [0.25, 0.3) is 0 Å². The third-order valence-electron chi connectivity index (χ3n) is 3.29. The Hall–Kier alpha value is -0.330. The predicted molar refractivity (Wildman–Crippen MR) is 57.7 cm³/mol. The first kappa shape index (κ1) is 12.7. The second-order valence-electron chi connectivity index (χ2n) is 4.23. The highest BCUT2D eigenvalue weighted by Gasteiger charge is 2.22. The summed E-state index contributed by atoms with van der Waals surface area (Å²) in [4.78, 5) is 11.5.